The van der Waals surface area contributed by atoms with Gasteiger partial charge in [-0.25, -0.2) is 4.39 Å². The van der Waals surface area contributed by atoms with Gasteiger partial charge in [-0.3, -0.25) is 9.59 Å². The summed E-state index contributed by atoms with van der Waals surface area (Å²) in [5.74, 6) is -0.467. The number of rotatable bonds is 5. The van der Waals surface area contributed by atoms with E-state index < -0.39 is 23.9 Å². The minimum atomic E-state index is -0.807. The van der Waals surface area contributed by atoms with E-state index in [0.717, 1.165) is 18.4 Å². The van der Waals surface area contributed by atoms with E-state index in [1.807, 2.05) is 0 Å². The van der Waals surface area contributed by atoms with Crippen LogP contribution in [0.3, 0.4) is 0 Å². The van der Waals surface area contributed by atoms with Gasteiger partial charge in [-0.2, -0.15) is 0 Å². The second kappa shape index (κ2) is 7.04. The maximum absolute atomic E-state index is 13.2. The number of ether oxygens (including phenoxy) is 1. The van der Waals surface area contributed by atoms with Gasteiger partial charge in [-0.05, 0) is 37.5 Å². The lowest BCUT2D eigenvalue weighted by Gasteiger charge is -2.27. The van der Waals surface area contributed by atoms with Crippen molar-refractivity contribution in [3.63, 3.8) is 0 Å². The molecule has 1 N–H and O–H groups in total. The zero-order chi connectivity index (χ0) is 17.9. The number of aromatic nitrogens is 1. The maximum atomic E-state index is 13.2. The molecule has 1 heterocycles. The van der Waals surface area contributed by atoms with Gasteiger partial charge in [0.1, 0.15) is 11.6 Å². The Morgan fingerprint density at radius 2 is 1.96 bits per heavy atom. The summed E-state index contributed by atoms with van der Waals surface area (Å²) in [6, 6.07) is 7.46. The van der Waals surface area contributed by atoms with E-state index in [9.17, 15) is 14.0 Å². The van der Waals surface area contributed by atoms with Crippen LogP contribution in [0.4, 0.5) is 10.2 Å². The lowest BCUT2D eigenvalue weighted by Crippen LogP contribution is -2.36. The van der Waals surface area contributed by atoms with Crippen molar-refractivity contribution in [3.05, 3.63) is 47.5 Å². The molecular weight excluding hydrogens is 327 g/mol. The standard InChI is InChI=1S/C18H19FN2O4/c1-12-10-15(21-25-12)20-16(22)11-24-17(23)18(8-2-3-9-18)13-4-6-14(19)7-5-13/h4-7,10H,2-3,8-9,11H2,1H3,(H,20,21,22). The number of nitrogens with one attached hydrogen (secondary N) is 1. The first-order valence-electron chi connectivity index (χ1n) is 8.16. The van der Waals surface area contributed by atoms with Crippen molar-refractivity contribution >= 4 is 17.7 Å². The molecule has 0 unspecified atom stereocenters. The van der Waals surface area contributed by atoms with Crippen molar-refractivity contribution in [2.75, 3.05) is 11.9 Å². The molecule has 1 saturated carbocycles. The molecule has 1 fully saturated rings. The van der Waals surface area contributed by atoms with Crippen LogP contribution in [0.2, 0.25) is 0 Å². The normalized spacial score (nSPS) is 15.8. The molecule has 0 saturated heterocycles. The molecule has 0 spiro atoms. The predicted octanol–water partition coefficient (Wildman–Crippen LogP) is 3.12. The summed E-state index contributed by atoms with van der Waals surface area (Å²) in [7, 11) is 0. The number of halogens is 1. The molecule has 25 heavy (non-hydrogen) atoms. The average Bonchev–Trinajstić information content (AvgIpc) is 3.23. The third-order valence-corrected chi connectivity index (χ3v) is 4.47. The van der Waals surface area contributed by atoms with Gasteiger partial charge < -0.3 is 14.6 Å². The summed E-state index contributed by atoms with van der Waals surface area (Å²) in [6.45, 7) is 1.29. The van der Waals surface area contributed by atoms with Gasteiger partial charge in [0.05, 0.1) is 5.41 Å². The highest BCUT2D eigenvalue weighted by Crippen LogP contribution is 2.42. The minimum absolute atomic E-state index is 0.271. The monoisotopic (exact) mass is 346 g/mol. The molecule has 132 valence electrons. The molecule has 1 aromatic heterocycles. The van der Waals surface area contributed by atoms with E-state index in [-0.39, 0.29) is 11.6 Å². The largest absolute Gasteiger partial charge is 0.455 e. The van der Waals surface area contributed by atoms with Crippen LogP contribution in [0.25, 0.3) is 0 Å². The molecule has 0 atom stereocenters. The van der Waals surface area contributed by atoms with Crippen LogP contribution >= 0.6 is 0 Å². The van der Waals surface area contributed by atoms with E-state index in [0.29, 0.717) is 18.6 Å². The third kappa shape index (κ3) is 3.70. The summed E-state index contributed by atoms with van der Waals surface area (Å²) >= 11 is 0. The number of anilines is 1. The third-order valence-electron chi connectivity index (χ3n) is 4.47. The summed E-state index contributed by atoms with van der Waals surface area (Å²) in [4.78, 5) is 24.6. The summed E-state index contributed by atoms with van der Waals surface area (Å²) in [5, 5.41) is 6.14. The quantitative estimate of drug-likeness (QED) is 0.841. The number of nitrogens with zero attached hydrogens (tertiary/aromatic N) is 1. The number of amides is 1. The highest BCUT2D eigenvalue weighted by molar-refractivity contribution is 5.93. The molecule has 3 rings (SSSR count). The Kier molecular flexibility index (Phi) is 4.83. The highest BCUT2D eigenvalue weighted by atomic mass is 19.1. The number of carbonyl (C=O) groups is 2. The smallest absolute Gasteiger partial charge is 0.317 e. The molecule has 1 amide bonds. The van der Waals surface area contributed by atoms with E-state index in [4.69, 9.17) is 9.26 Å². The van der Waals surface area contributed by atoms with Crippen molar-refractivity contribution in [2.45, 2.75) is 38.0 Å². The van der Waals surface area contributed by atoms with Crippen LogP contribution in [0.1, 0.15) is 37.0 Å². The van der Waals surface area contributed by atoms with Gasteiger partial charge in [0.25, 0.3) is 5.91 Å². The minimum Gasteiger partial charge on any atom is -0.455 e. The molecule has 0 radical (unpaired) electrons. The first-order chi connectivity index (χ1) is 12.0. The Morgan fingerprint density at radius 3 is 2.56 bits per heavy atom. The van der Waals surface area contributed by atoms with Crippen LogP contribution in [-0.4, -0.2) is 23.6 Å². The van der Waals surface area contributed by atoms with E-state index in [1.165, 1.54) is 12.1 Å². The first kappa shape index (κ1) is 17.1. The van der Waals surface area contributed by atoms with E-state index in [1.54, 1.807) is 25.1 Å². The van der Waals surface area contributed by atoms with Gasteiger partial charge in [-0.1, -0.05) is 30.1 Å². The highest BCUT2D eigenvalue weighted by Gasteiger charge is 2.44. The second-order valence-electron chi connectivity index (χ2n) is 6.24. The number of hydrogen-bond donors (Lipinski definition) is 1. The Labute approximate surface area is 144 Å². The number of hydrogen-bond acceptors (Lipinski definition) is 5. The Bertz CT molecular complexity index is 764. The SMILES string of the molecule is Cc1cc(NC(=O)COC(=O)C2(c3ccc(F)cc3)CCCC2)no1. The topological polar surface area (TPSA) is 81.4 Å². The molecule has 0 aliphatic heterocycles. The Hall–Kier alpha value is -2.70. The van der Waals surface area contributed by atoms with E-state index in [2.05, 4.69) is 10.5 Å². The van der Waals surface area contributed by atoms with Gasteiger partial charge in [-0.15, -0.1) is 0 Å². The van der Waals surface area contributed by atoms with Gasteiger partial charge in [0.2, 0.25) is 0 Å². The van der Waals surface area contributed by atoms with Gasteiger partial charge in [0.15, 0.2) is 12.4 Å². The predicted molar refractivity (Wildman–Crippen MR) is 87.4 cm³/mol. The first-order valence-corrected chi connectivity index (χ1v) is 8.16. The molecule has 1 aliphatic carbocycles. The fourth-order valence-corrected chi connectivity index (χ4v) is 3.23. The molecule has 6 nitrogen and oxygen atoms in total. The van der Waals surface area contributed by atoms with Crippen LogP contribution in [0.15, 0.2) is 34.9 Å². The van der Waals surface area contributed by atoms with Crippen molar-refractivity contribution in [1.29, 1.82) is 0 Å². The van der Waals surface area contributed by atoms with Crippen LogP contribution < -0.4 is 5.32 Å². The summed E-state index contributed by atoms with van der Waals surface area (Å²) in [5.41, 5.74) is -0.0812. The molecular formula is C18H19FN2O4. The number of esters is 1. The summed E-state index contributed by atoms with van der Waals surface area (Å²) in [6.07, 6.45) is 3.02. The zero-order valence-electron chi connectivity index (χ0n) is 13.9. The lowest BCUT2D eigenvalue weighted by atomic mass is 9.79. The molecule has 0 bridgehead atoms. The molecule has 7 heteroatoms. The number of benzene rings is 1. The molecule has 1 aliphatic rings. The zero-order valence-corrected chi connectivity index (χ0v) is 13.9. The summed E-state index contributed by atoms with van der Waals surface area (Å²) < 4.78 is 23.3. The Morgan fingerprint density at radius 1 is 1.28 bits per heavy atom. The van der Waals surface area contributed by atoms with Gasteiger partial charge >= 0.3 is 5.97 Å². The number of aryl methyl sites for hydroxylation is 1. The van der Waals surface area contributed by atoms with Crippen LogP contribution in [-0.2, 0) is 19.7 Å². The van der Waals surface area contributed by atoms with Gasteiger partial charge in [0, 0.05) is 6.07 Å². The van der Waals surface area contributed by atoms with Crippen molar-refractivity contribution in [2.24, 2.45) is 0 Å². The molecule has 2 aromatic rings. The lowest BCUT2D eigenvalue weighted by molar-refractivity contribution is -0.153. The van der Waals surface area contributed by atoms with Crippen molar-refractivity contribution in [1.82, 2.24) is 5.16 Å². The van der Waals surface area contributed by atoms with Crippen molar-refractivity contribution in [3.8, 4) is 0 Å². The van der Waals surface area contributed by atoms with Crippen LogP contribution in [0, 0.1) is 12.7 Å². The van der Waals surface area contributed by atoms with Crippen molar-refractivity contribution < 1.29 is 23.2 Å². The average molecular weight is 346 g/mol. The van der Waals surface area contributed by atoms with E-state index >= 15 is 0 Å². The maximum Gasteiger partial charge on any atom is 0.317 e. The fraction of sp³-hybridized carbons (Fsp3) is 0.389. The van der Waals surface area contributed by atoms with Crippen LogP contribution in [0.5, 0.6) is 0 Å². The fourth-order valence-electron chi connectivity index (χ4n) is 3.23. The Balaban J connectivity index is 1.65. The number of carbonyl (C=O) groups excluding carboxylic acids is 2. The second-order valence-corrected chi connectivity index (χ2v) is 6.24. The molecule has 1 aromatic carbocycles.